The van der Waals surface area contributed by atoms with Crippen LogP contribution in [0.25, 0.3) is 0 Å². The number of carbonyl (C=O) groups excluding carboxylic acids is 2. The summed E-state index contributed by atoms with van der Waals surface area (Å²) in [6.45, 7) is 1.06. The van der Waals surface area contributed by atoms with Crippen LogP contribution in [0.4, 0.5) is 0 Å². The molecule has 5 unspecified atom stereocenters. The highest BCUT2D eigenvalue weighted by molar-refractivity contribution is 6.06. The molecule has 2 aliphatic carbocycles. The van der Waals surface area contributed by atoms with Crippen LogP contribution >= 0.6 is 0 Å². The standard InChI is InChI=1S/C22H32N2O7/c25-14-8-9-16(18(28)29)22(13-14)20(31)24(22)12-6-2-1-5-11-23-19(30)21(23)10-4-3-7-15(21)17(26)27/h14-16,25H,1-13H2,(H,26,27)(H,28,29). The molecule has 4 aliphatic rings. The molecule has 9 nitrogen and oxygen atoms in total. The molecule has 2 aliphatic heterocycles. The average Bonchev–Trinajstić information content (AvgIpc) is 3.48. The molecule has 2 amide bonds. The van der Waals surface area contributed by atoms with Gasteiger partial charge in [0.25, 0.3) is 0 Å². The summed E-state index contributed by atoms with van der Waals surface area (Å²) in [6.07, 6.45) is 6.50. The highest BCUT2D eigenvalue weighted by atomic mass is 16.4. The van der Waals surface area contributed by atoms with Gasteiger partial charge in [-0.15, -0.1) is 0 Å². The number of carboxylic acids is 2. The zero-order chi connectivity index (χ0) is 22.4. The van der Waals surface area contributed by atoms with Crippen molar-refractivity contribution < 1.29 is 34.5 Å². The average molecular weight is 437 g/mol. The Labute approximate surface area is 181 Å². The van der Waals surface area contributed by atoms with Crippen LogP contribution in [-0.2, 0) is 19.2 Å². The fraction of sp³-hybridized carbons (Fsp3) is 0.818. The molecule has 0 bridgehead atoms. The Morgan fingerprint density at radius 3 is 1.97 bits per heavy atom. The lowest BCUT2D eigenvalue weighted by Crippen LogP contribution is -2.43. The summed E-state index contributed by atoms with van der Waals surface area (Å²) in [5.74, 6) is -3.36. The van der Waals surface area contributed by atoms with Gasteiger partial charge < -0.3 is 25.1 Å². The Hall–Kier alpha value is -2.16. The Morgan fingerprint density at radius 2 is 1.35 bits per heavy atom. The van der Waals surface area contributed by atoms with Gasteiger partial charge >= 0.3 is 11.9 Å². The van der Waals surface area contributed by atoms with Crippen molar-refractivity contribution >= 4 is 23.8 Å². The summed E-state index contributed by atoms with van der Waals surface area (Å²) in [5, 5.41) is 28.9. The number of unbranched alkanes of at least 4 members (excludes halogenated alkanes) is 3. The topological polar surface area (TPSA) is 135 Å². The quantitative estimate of drug-likeness (QED) is 0.365. The van der Waals surface area contributed by atoms with Gasteiger partial charge in [0, 0.05) is 19.5 Å². The van der Waals surface area contributed by atoms with E-state index >= 15 is 0 Å². The smallest absolute Gasteiger partial charge is 0.309 e. The Bertz CT molecular complexity index is 786. The molecule has 31 heavy (non-hydrogen) atoms. The predicted molar refractivity (Wildman–Crippen MR) is 108 cm³/mol. The van der Waals surface area contributed by atoms with Gasteiger partial charge in [-0.2, -0.15) is 0 Å². The number of hydrogen-bond acceptors (Lipinski definition) is 5. The molecule has 2 saturated heterocycles. The first-order chi connectivity index (χ1) is 14.8. The second-order valence-electron chi connectivity index (χ2n) is 9.64. The van der Waals surface area contributed by atoms with Gasteiger partial charge in [0.2, 0.25) is 11.8 Å². The van der Waals surface area contributed by atoms with Crippen LogP contribution < -0.4 is 0 Å². The highest BCUT2D eigenvalue weighted by Gasteiger charge is 2.70. The zero-order valence-corrected chi connectivity index (χ0v) is 17.8. The maximum atomic E-state index is 12.4. The Kier molecular flexibility index (Phi) is 5.74. The molecule has 0 aromatic carbocycles. The molecule has 172 valence electrons. The second-order valence-corrected chi connectivity index (χ2v) is 9.64. The van der Waals surface area contributed by atoms with Crippen LogP contribution in [0.3, 0.4) is 0 Å². The van der Waals surface area contributed by atoms with Crippen molar-refractivity contribution in [3.8, 4) is 0 Å². The summed E-state index contributed by atoms with van der Waals surface area (Å²) in [4.78, 5) is 51.3. The van der Waals surface area contributed by atoms with E-state index < -0.39 is 41.0 Å². The van der Waals surface area contributed by atoms with Crippen molar-refractivity contribution in [1.82, 2.24) is 9.80 Å². The van der Waals surface area contributed by atoms with Crippen LogP contribution in [0.2, 0.25) is 0 Å². The minimum absolute atomic E-state index is 0.0215. The van der Waals surface area contributed by atoms with Crippen LogP contribution in [0, 0.1) is 11.8 Å². The van der Waals surface area contributed by atoms with Gasteiger partial charge in [0.05, 0.1) is 17.9 Å². The summed E-state index contributed by atoms with van der Waals surface area (Å²) in [5.41, 5.74) is -1.79. The van der Waals surface area contributed by atoms with Gasteiger partial charge in [-0.3, -0.25) is 19.2 Å². The fourth-order valence-electron chi connectivity index (χ4n) is 6.27. The van der Waals surface area contributed by atoms with Crippen molar-refractivity contribution in [1.29, 1.82) is 0 Å². The Morgan fingerprint density at radius 1 is 0.806 bits per heavy atom. The minimum Gasteiger partial charge on any atom is -0.481 e. The molecule has 9 heteroatoms. The number of aliphatic carboxylic acids is 2. The monoisotopic (exact) mass is 436 g/mol. The van der Waals surface area contributed by atoms with Crippen molar-refractivity contribution in [2.24, 2.45) is 11.8 Å². The third-order valence-corrected chi connectivity index (χ3v) is 7.99. The van der Waals surface area contributed by atoms with E-state index in [-0.39, 0.29) is 18.2 Å². The largest absolute Gasteiger partial charge is 0.481 e. The molecule has 5 atom stereocenters. The third-order valence-electron chi connectivity index (χ3n) is 7.99. The van der Waals surface area contributed by atoms with Crippen molar-refractivity contribution in [3.63, 3.8) is 0 Å². The van der Waals surface area contributed by atoms with Gasteiger partial charge in [0.15, 0.2) is 0 Å². The number of hydrogen-bond donors (Lipinski definition) is 3. The van der Waals surface area contributed by atoms with Crippen molar-refractivity contribution in [3.05, 3.63) is 0 Å². The third kappa shape index (κ3) is 3.50. The van der Waals surface area contributed by atoms with E-state index in [0.29, 0.717) is 38.8 Å². The lowest BCUT2D eigenvalue weighted by molar-refractivity contribution is -0.146. The maximum absolute atomic E-state index is 12.4. The first kappa shape index (κ1) is 22.0. The van der Waals surface area contributed by atoms with Gasteiger partial charge in [0.1, 0.15) is 11.1 Å². The van der Waals surface area contributed by atoms with E-state index in [1.165, 1.54) is 0 Å². The van der Waals surface area contributed by atoms with Crippen LogP contribution in [-0.4, -0.2) is 79.1 Å². The summed E-state index contributed by atoms with van der Waals surface area (Å²) in [7, 11) is 0. The molecular formula is C22H32N2O7. The second kappa shape index (κ2) is 8.07. The molecule has 2 saturated carbocycles. The lowest BCUT2D eigenvalue weighted by Gasteiger charge is -2.30. The van der Waals surface area contributed by atoms with E-state index in [4.69, 9.17) is 0 Å². The molecule has 0 aromatic rings. The molecular weight excluding hydrogens is 404 g/mol. The summed E-state index contributed by atoms with van der Waals surface area (Å²) >= 11 is 0. The minimum atomic E-state index is -1.02. The van der Waals surface area contributed by atoms with E-state index in [0.717, 1.165) is 38.5 Å². The molecule has 4 fully saturated rings. The number of amides is 2. The fourth-order valence-corrected chi connectivity index (χ4v) is 6.27. The van der Waals surface area contributed by atoms with Crippen LogP contribution in [0.15, 0.2) is 0 Å². The first-order valence-electron chi connectivity index (χ1n) is 11.5. The van der Waals surface area contributed by atoms with Gasteiger partial charge in [-0.05, 0) is 38.5 Å². The van der Waals surface area contributed by atoms with Crippen molar-refractivity contribution in [2.45, 2.75) is 87.8 Å². The molecule has 2 heterocycles. The molecule has 0 aromatic heterocycles. The highest BCUT2D eigenvalue weighted by Crippen LogP contribution is 2.51. The summed E-state index contributed by atoms with van der Waals surface area (Å²) in [6, 6.07) is 0. The molecule has 2 spiro atoms. The van der Waals surface area contributed by atoms with E-state index in [1.807, 2.05) is 0 Å². The lowest BCUT2D eigenvalue weighted by atomic mass is 9.77. The number of rotatable bonds is 9. The maximum Gasteiger partial charge on any atom is 0.309 e. The number of aliphatic hydroxyl groups is 1. The number of nitrogens with zero attached hydrogens (tertiary/aromatic N) is 2. The predicted octanol–water partition coefficient (Wildman–Crippen LogP) is 1.23. The SMILES string of the molecule is O=C(O)C1CCCCC12C(=O)N2CCCCCCN1C(=O)C12CC(O)CCC2C(=O)O. The molecule has 0 radical (unpaired) electrons. The van der Waals surface area contributed by atoms with E-state index in [9.17, 15) is 34.5 Å². The number of carbonyl (C=O) groups is 4. The van der Waals surface area contributed by atoms with E-state index in [1.54, 1.807) is 9.80 Å². The van der Waals surface area contributed by atoms with E-state index in [2.05, 4.69) is 0 Å². The molecule has 4 rings (SSSR count). The van der Waals surface area contributed by atoms with Crippen LogP contribution in [0.1, 0.15) is 70.6 Å². The van der Waals surface area contributed by atoms with Crippen LogP contribution in [0.5, 0.6) is 0 Å². The molecule has 3 N–H and O–H groups in total. The van der Waals surface area contributed by atoms with Crippen molar-refractivity contribution in [2.75, 3.05) is 13.1 Å². The zero-order valence-electron chi connectivity index (χ0n) is 17.8. The normalized spacial score (nSPS) is 36.9. The Balaban J connectivity index is 1.20. The number of aliphatic hydroxyl groups excluding tert-OH is 1. The summed E-state index contributed by atoms with van der Waals surface area (Å²) < 4.78 is 0. The number of carboxylic acid groups (broad SMARTS) is 2. The van der Waals surface area contributed by atoms with Gasteiger partial charge in [-0.25, -0.2) is 0 Å². The van der Waals surface area contributed by atoms with Gasteiger partial charge in [-0.1, -0.05) is 25.7 Å². The first-order valence-corrected chi connectivity index (χ1v) is 11.5.